The van der Waals surface area contributed by atoms with Crippen LogP contribution >= 0.6 is 0 Å². The third kappa shape index (κ3) is 5.79. The Labute approximate surface area is 221 Å². The SMILES string of the molecule is CCCCc1cccc(-c2ccc3cnn(-c4cccc([C@H](O)C(F)(F)F)n4)c3c2CC(C)(C)[S@@](N)=O)n1. The Bertz CT molecular complexity index is 1470. The van der Waals surface area contributed by atoms with E-state index in [-0.39, 0.29) is 12.2 Å². The number of aliphatic hydroxyl groups is 1. The molecule has 0 aliphatic rings. The van der Waals surface area contributed by atoms with Gasteiger partial charge >= 0.3 is 6.18 Å². The molecule has 0 fully saturated rings. The second-order valence-corrected chi connectivity index (χ2v) is 11.5. The summed E-state index contributed by atoms with van der Waals surface area (Å²) in [7, 11) is -1.68. The average Bonchev–Trinajstić information content (AvgIpc) is 3.31. The summed E-state index contributed by atoms with van der Waals surface area (Å²) in [6, 6.07) is 13.6. The topological polar surface area (TPSA) is 107 Å². The van der Waals surface area contributed by atoms with Crippen molar-refractivity contribution in [2.24, 2.45) is 5.14 Å². The number of aryl methyl sites for hydroxylation is 1. The van der Waals surface area contributed by atoms with Gasteiger partial charge in [0.05, 0.1) is 38.8 Å². The molecule has 4 rings (SSSR count). The summed E-state index contributed by atoms with van der Waals surface area (Å²) in [6.45, 7) is 5.69. The van der Waals surface area contributed by atoms with Crippen LogP contribution in [0.25, 0.3) is 28.0 Å². The lowest BCUT2D eigenvalue weighted by Gasteiger charge is -2.24. The van der Waals surface area contributed by atoms with Crippen molar-refractivity contribution in [2.75, 3.05) is 0 Å². The van der Waals surface area contributed by atoms with E-state index < -0.39 is 33.7 Å². The molecule has 0 radical (unpaired) electrons. The second-order valence-electron chi connectivity index (χ2n) is 9.80. The van der Waals surface area contributed by atoms with Crippen molar-refractivity contribution in [3.8, 4) is 17.1 Å². The Morgan fingerprint density at radius 2 is 1.82 bits per heavy atom. The normalized spacial score (nSPS) is 14.1. The molecule has 0 saturated heterocycles. The van der Waals surface area contributed by atoms with Crippen molar-refractivity contribution < 1.29 is 22.5 Å². The molecule has 2 atom stereocenters. The highest BCUT2D eigenvalue weighted by Crippen LogP contribution is 2.35. The Balaban J connectivity index is 1.94. The third-order valence-corrected chi connectivity index (χ3v) is 7.65. The predicted octanol–water partition coefficient (Wildman–Crippen LogP) is 5.36. The van der Waals surface area contributed by atoms with Gasteiger partial charge in [-0.15, -0.1) is 0 Å². The van der Waals surface area contributed by atoms with Crippen LogP contribution in [0.3, 0.4) is 0 Å². The summed E-state index contributed by atoms with van der Waals surface area (Å²) in [5.74, 6) is 0.107. The summed E-state index contributed by atoms with van der Waals surface area (Å²) in [6.07, 6.45) is -2.85. The summed E-state index contributed by atoms with van der Waals surface area (Å²) in [5, 5.41) is 20.7. The van der Waals surface area contributed by atoms with Crippen molar-refractivity contribution in [1.82, 2.24) is 19.7 Å². The van der Waals surface area contributed by atoms with Gasteiger partial charge in [-0.3, -0.25) is 10.1 Å². The first-order valence-electron chi connectivity index (χ1n) is 12.3. The minimum Gasteiger partial charge on any atom is -0.378 e. The molecule has 1 aromatic carbocycles. The molecule has 202 valence electrons. The van der Waals surface area contributed by atoms with E-state index in [0.717, 1.165) is 47.8 Å². The summed E-state index contributed by atoms with van der Waals surface area (Å²) in [5.41, 5.74) is 3.24. The van der Waals surface area contributed by atoms with Gasteiger partial charge < -0.3 is 5.11 Å². The number of halogens is 3. The molecule has 3 aromatic heterocycles. The number of pyridine rings is 2. The molecule has 0 saturated carbocycles. The smallest absolute Gasteiger partial charge is 0.378 e. The lowest BCUT2D eigenvalue weighted by molar-refractivity contribution is -0.207. The van der Waals surface area contributed by atoms with E-state index in [1.807, 2.05) is 30.3 Å². The minimum atomic E-state index is -4.86. The second kappa shape index (κ2) is 10.9. The van der Waals surface area contributed by atoms with Gasteiger partial charge in [0.15, 0.2) is 11.9 Å². The van der Waals surface area contributed by atoms with Crippen LogP contribution in [0.5, 0.6) is 0 Å². The van der Waals surface area contributed by atoms with E-state index in [9.17, 15) is 22.5 Å². The number of nitrogens with two attached hydrogens (primary N) is 1. The highest BCUT2D eigenvalue weighted by Gasteiger charge is 2.40. The van der Waals surface area contributed by atoms with E-state index in [0.29, 0.717) is 10.9 Å². The van der Waals surface area contributed by atoms with Crippen molar-refractivity contribution in [3.05, 3.63) is 71.7 Å². The number of nitrogens with zero attached hydrogens (tertiary/aromatic N) is 4. The van der Waals surface area contributed by atoms with E-state index >= 15 is 0 Å². The summed E-state index contributed by atoms with van der Waals surface area (Å²) in [4.78, 5) is 8.95. The average molecular weight is 546 g/mol. The molecular formula is C27H30F3N5O2S. The molecular weight excluding hydrogens is 515 g/mol. The highest BCUT2D eigenvalue weighted by molar-refractivity contribution is 7.84. The minimum absolute atomic E-state index is 0.107. The molecule has 0 spiro atoms. The van der Waals surface area contributed by atoms with E-state index in [1.54, 1.807) is 20.0 Å². The number of fused-ring (bicyclic) bond motifs is 1. The van der Waals surface area contributed by atoms with Crippen molar-refractivity contribution >= 4 is 21.9 Å². The largest absolute Gasteiger partial charge is 0.420 e. The van der Waals surface area contributed by atoms with Gasteiger partial charge in [-0.25, -0.2) is 13.9 Å². The molecule has 11 heteroatoms. The van der Waals surface area contributed by atoms with Crippen molar-refractivity contribution in [1.29, 1.82) is 0 Å². The van der Waals surface area contributed by atoms with Gasteiger partial charge in [0.25, 0.3) is 0 Å². The maximum absolute atomic E-state index is 13.2. The standard InChI is InChI=1S/C27H30F3N5O2S/c1-4-5-8-18-9-6-10-21(33-18)19-14-13-17-16-32-35(24(17)20(19)15-26(2,3)38(31)37)23-12-7-11-22(34-23)25(36)27(28,29)30/h6-7,9-14,16,25,36H,4-5,8,15,31H2,1-3H3/t25-,38-/m0/s1. The first kappa shape index (κ1) is 27.9. The van der Waals surface area contributed by atoms with Gasteiger partial charge in [-0.05, 0) is 62.9 Å². The van der Waals surface area contributed by atoms with E-state index in [2.05, 4.69) is 17.0 Å². The molecule has 0 unspecified atom stereocenters. The van der Waals surface area contributed by atoms with Crippen LogP contribution in [-0.2, 0) is 23.8 Å². The number of benzene rings is 1. The molecule has 0 amide bonds. The maximum atomic E-state index is 13.2. The van der Waals surface area contributed by atoms with Gasteiger partial charge in [0.2, 0.25) is 0 Å². The predicted molar refractivity (Wildman–Crippen MR) is 142 cm³/mol. The van der Waals surface area contributed by atoms with Gasteiger partial charge in [-0.1, -0.05) is 37.6 Å². The maximum Gasteiger partial charge on any atom is 0.420 e. The lowest BCUT2D eigenvalue weighted by atomic mass is 9.93. The highest BCUT2D eigenvalue weighted by atomic mass is 32.2. The van der Waals surface area contributed by atoms with Crippen molar-refractivity contribution in [3.63, 3.8) is 0 Å². The monoisotopic (exact) mass is 545 g/mol. The van der Waals surface area contributed by atoms with Crippen LogP contribution in [0, 0.1) is 0 Å². The lowest BCUT2D eigenvalue weighted by Crippen LogP contribution is -2.34. The molecule has 0 bridgehead atoms. The van der Waals surface area contributed by atoms with Crippen LogP contribution in [0.1, 0.15) is 56.7 Å². The van der Waals surface area contributed by atoms with Gasteiger partial charge in [0.1, 0.15) is 0 Å². The third-order valence-electron chi connectivity index (χ3n) is 6.42. The number of alkyl halides is 3. The Morgan fingerprint density at radius 1 is 1.08 bits per heavy atom. The van der Waals surface area contributed by atoms with Crippen LogP contribution in [0.15, 0.2) is 54.7 Å². The van der Waals surface area contributed by atoms with E-state index in [4.69, 9.17) is 10.1 Å². The number of aromatic nitrogens is 4. The molecule has 3 heterocycles. The first-order valence-corrected chi connectivity index (χ1v) is 13.5. The molecule has 3 N–H and O–H groups in total. The van der Waals surface area contributed by atoms with Crippen LogP contribution in [0.2, 0.25) is 0 Å². The quantitative estimate of drug-likeness (QED) is 0.294. The molecule has 4 aromatic rings. The van der Waals surface area contributed by atoms with Gasteiger partial charge in [0, 0.05) is 16.6 Å². The van der Waals surface area contributed by atoms with E-state index in [1.165, 1.54) is 16.8 Å². The van der Waals surface area contributed by atoms with Crippen molar-refractivity contribution in [2.45, 2.75) is 63.5 Å². The van der Waals surface area contributed by atoms with Crippen LogP contribution in [-0.4, -0.2) is 40.0 Å². The fraction of sp³-hybridized carbons (Fsp3) is 0.370. The number of hydrogen-bond acceptors (Lipinski definition) is 5. The first-order chi connectivity index (χ1) is 17.9. The Kier molecular flexibility index (Phi) is 8.01. The molecule has 0 aliphatic heterocycles. The molecule has 0 aliphatic carbocycles. The Morgan fingerprint density at radius 3 is 2.50 bits per heavy atom. The fourth-order valence-corrected chi connectivity index (χ4v) is 4.57. The summed E-state index contributed by atoms with van der Waals surface area (Å²) < 4.78 is 52.6. The van der Waals surface area contributed by atoms with Crippen LogP contribution in [0.4, 0.5) is 13.2 Å². The molecule has 38 heavy (non-hydrogen) atoms. The van der Waals surface area contributed by atoms with Crippen LogP contribution < -0.4 is 5.14 Å². The number of rotatable bonds is 9. The number of hydrogen-bond donors (Lipinski definition) is 2. The number of aliphatic hydroxyl groups excluding tert-OH is 1. The zero-order chi connectivity index (χ0) is 27.7. The zero-order valence-electron chi connectivity index (χ0n) is 21.4. The van der Waals surface area contributed by atoms with Gasteiger partial charge in [-0.2, -0.15) is 18.3 Å². The Hall–Kier alpha value is -3.15. The summed E-state index contributed by atoms with van der Waals surface area (Å²) >= 11 is 0. The number of unbranched alkanes of at least 4 members (excludes halogenated alkanes) is 1. The molecule has 7 nitrogen and oxygen atoms in total. The fourth-order valence-electron chi connectivity index (χ4n) is 4.28. The zero-order valence-corrected chi connectivity index (χ0v) is 22.2.